The van der Waals surface area contributed by atoms with Crippen molar-refractivity contribution in [2.75, 3.05) is 14.2 Å². The largest absolute Gasteiger partial charge is 0.497 e. The van der Waals surface area contributed by atoms with Gasteiger partial charge in [-0.15, -0.1) is 10.2 Å². The number of benzene rings is 3. The number of methoxy groups -OCH3 is 2. The summed E-state index contributed by atoms with van der Waals surface area (Å²) in [4.78, 5) is 12.9. The van der Waals surface area contributed by atoms with Crippen molar-refractivity contribution in [3.63, 3.8) is 0 Å². The molecule has 0 saturated carbocycles. The molecule has 4 aromatic rings. The molecule has 35 heavy (non-hydrogen) atoms. The molecule has 0 aliphatic carbocycles. The van der Waals surface area contributed by atoms with Gasteiger partial charge in [-0.25, -0.2) is 4.39 Å². The van der Waals surface area contributed by atoms with Gasteiger partial charge in [0.25, 0.3) is 5.91 Å². The van der Waals surface area contributed by atoms with E-state index in [1.54, 1.807) is 37.4 Å². The fraction of sp³-hybridized carbons (Fsp3) is 0.192. The zero-order valence-electron chi connectivity index (χ0n) is 19.6. The summed E-state index contributed by atoms with van der Waals surface area (Å²) >= 11 is 1.49. The summed E-state index contributed by atoms with van der Waals surface area (Å²) < 4.78 is 25.7. The lowest BCUT2D eigenvalue weighted by atomic mass is 10.1. The third kappa shape index (κ3) is 5.81. The monoisotopic (exact) mass is 492 g/mol. The Bertz CT molecular complexity index is 1310. The molecule has 1 aromatic heterocycles. The summed E-state index contributed by atoms with van der Waals surface area (Å²) in [6.07, 6.45) is 0. The summed E-state index contributed by atoms with van der Waals surface area (Å²) in [5.74, 6) is 1.62. The van der Waals surface area contributed by atoms with Crippen molar-refractivity contribution in [1.82, 2.24) is 20.1 Å². The lowest BCUT2D eigenvalue weighted by Crippen LogP contribution is -2.25. The molecule has 0 spiro atoms. The number of hydrogen-bond donors (Lipinski definition) is 1. The average molecular weight is 493 g/mol. The second-order valence-electron chi connectivity index (χ2n) is 7.73. The van der Waals surface area contributed by atoms with Gasteiger partial charge in [0.15, 0.2) is 11.0 Å². The summed E-state index contributed by atoms with van der Waals surface area (Å²) in [6.45, 7) is 2.18. The highest BCUT2D eigenvalue weighted by Gasteiger charge is 2.18. The summed E-state index contributed by atoms with van der Waals surface area (Å²) in [5, 5.41) is 12.3. The zero-order valence-corrected chi connectivity index (χ0v) is 20.4. The number of hydrogen-bond acceptors (Lipinski definition) is 6. The van der Waals surface area contributed by atoms with E-state index in [2.05, 4.69) is 15.5 Å². The van der Waals surface area contributed by atoms with Gasteiger partial charge in [0, 0.05) is 17.5 Å². The molecule has 1 N–H and O–H groups in total. The van der Waals surface area contributed by atoms with E-state index in [4.69, 9.17) is 9.47 Å². The molecule has 1 amide bonds. The van der Waals surface area contributed by atoms with Gasteiger partial charge in [-0.3, -0.25) is 9.36 Å². The number of ether oxygens (including phenoxy) is 2. The predicted octanol–water partition coefficient (Wildman–Crippen LogP) is 4.95. The van der Waals surface area contributed by atoms with Crippen molar-refractivity contribution >= 4 is 17.7 Å². The maximum atomic E-state index is 13.2. The number of carbonyl (C=O) groups is 1. The Morgan fingerprint density at radius 1 is 1.00 bits per heavy atom. The SMILES string of the molecule is COc1ccc(C(=O)NCc2nnc(SCc3ccc(F)cc3)n2-c2ccc(C)cc2)c(OC)c1. The minimum atomic E-state index is -0.302. The molecule has 0 aliphatic heterocycles. The standard InChI is InChI=1S/C26H25FN4O3S/c1-17-4-10-20(11-5-17)31-24(29-30-26(31)35-16-18-6-8-19(27)9-7-18)15-28-25(32)22-13-12-21(33-2)14-23(22)34-3/h4-14H,15-16H2,1-3H3,(H,28,32). The Morgan fingerprint density at radius 3 is 2.43 bits per heavy atom. The van der Waals surface area contributed by atoms with Gasteiger partial charge in [0.05, 0.1) is 26.3 Å². The lowest BCUT2D eigenvalue weighted by molar-refractivity contribution is 0.0946. The smallest absolute Gasteiger partial charge is 0.255 e. The van der Waals surface area contributed by atoms with Crippen LogP contribution in [0.1, 0.15) is 27.3 Å². The van der Waals surface area contributed by atoms with Crippen LogP contribution < -0.4 is 14.8 Å². The van der Waals surface area contributed by atoms with Crippen LogP contribution in [0.3, 0.4) is 0 Å². The topological polar surface area (TPSA) is 78.3 Å². The molecule has 3 aromatic carbocycles. The first-order valence-corrected chi connectivity index (χ1v) is 11.9. The molecule has 7 nitrogen and oxygen atoms in total. The molecule has 0 unspecified atom stereocenters. The van der Waals surface area contributed by atoms with Gasteiger partial charge in [0.1, 0.15) is 17.3 Å². The molecule has 9 heteroatoms. The molecular weight excluding hydrogens is 467 g/mol. The first-order valence-electron chi connectivity index (χ1n) is 10.9. The highest BCUT2D eigenvalue weighted by molar-refractivity contribution is 7.98. The first kappa shape index (κ1) is 24.3. The Kier molecular flexibility index (Phi) is 7.67. The highest BCUT2D eigenvalue weighted by atomic mass is 32.2. The Hall–Kier alpha value is -3.85. The van der Waals surface area contributed by atoms with Crippen molar-refractivity contribution in [3.8, 4) is 17.2 Å². The van der Waals surface area contributed by atoms with Crippen LogP contribution in [0.4, 0.5) is 4.39 Å². The Balaban J connectivity index is 1.56. The summed E-state index contributed by atoms with van der Waals surface area (Å²) in [7, 11) is 3.06. The van der Waals surface area contributed by atoms with Crippen molar-refractivity contribution in [2.45, 2.75) is 24.4 Å². The maximum Gasteiger partial charge on any atom is 0.255 e. The molecule has 0 saturated heterocycles. The van der Waals surface area contributed by atoms with E-state index < -0.39 is 0 Å². The van der Waals surface area contributed by atoms with Crippen molar-refractivity contribution in [2.24, 2.45) is 0 Å². The second kappa shape index (κ2) is 11.1. The van der Waals surface area contributed by atoms with Crippen molar-refractivity contribution < 1.29 is 18.7 Å². The number of nitrogens with one attached hydrogen (secondary N) is 1. The molecule has 0 aliphatic rings. The maximum absolute atomic E-state index is 13.2. The van der Waals surface area contributed by atoms with Gasteiger partial charge in [-0.1, -0.05) is 41.6 Å². The van der Waals surface area contributed by atoms with E-state index in [9.17, 15) is 9.18 Å². The second-order valence-corrected chi connectivity index (χ2v) is 8.68. The molecule has 0 bridgehead atoms. The number of rotatable bonds is 9. The number of carbonyl (C=O) groups excluding carboxylic acids is 1. The van der Waals surface area contributed by atoms with Crippen LogP contribution >= 0.6 is 11.8 Å². The average Bonchev–Trinajstić information content (AvgIpc) is 3.29. The van der Waals surface area contributed by atoms with Gasteiger partial charge < -0.3 is 14.8 Å². The number of amides is 1. The van der Waals surface area contributed by atoms with E-state index in [0.29, 0.717) is 33.8 Å². The van der Waals surface area contributed by atoms with Crippen LogP contribution in [0, 0.1) is 12.7 Å². The summed E-state index contributed by atoms with van der Waals surface area (Å²) in [5.41, 5.74) is 3.37. The number of nitrogens with zero attached hydrogens (tertiary/aromatic N) is 3. The highest BCUT2D eigenvalue weighted by Crippen LogP contribution is 2.27. The Morgan fingerprint density at radius 2 is 1.74 bits per heavy atom. The number of halogens is 1. The van der Waals surface area contributed by atoms with E-state index in [1.807, 2.05) is 35.8 Å². The van der Waals surface area contributed by atoms with Crippen LogP contribution in [0.25, 0.3) is 5.69 Å². The lowest BCUT2D eigenvalue weighted by Gasteiger charge is -2.13. The minimum Gasteiger partial charge on any atom is -0.497 e. The fourth-order valence-corrected chi connectivity index (χ4v) is 4.36. The molecule has 180 valence electrons. The van der Waals surface area contributed by atoms with E-state index >= 15 is 0 Å². The predicted molar refractivity (Wildman–Crippen MR) is 133 cm³/mol. The van der Waals surface area contributed by atoms with Crippen LogP contribution in [-0.2, 0) is 12.3 Å². The van der Waals surface area contributed by atoms with Crippen LogP contribution in [0.5, 0.6) is 11.5 Å². The Labute approximate surface area is 207 Å². The van der Waals surface area contributed by atoms with Gasteiger partial charge in [0.2, 0.25) is 0 Å². The van der Waals surface area contributed by atoms with E-state index in [0.717, 1.165) is 16.8 Å². The van der Waals surface area contributed by atoms with Gasteiger partial charge in [-0.05, 0) is 48.9 Å². The van der Waals surface area contributed by atoms with Crippen molar-refractivity contribution in [1.29, 1.82) is 0 Å². The van der Waals surface area contributed by atoms with Crippen LogP contribution in [0.15, 0.2) is 71.9 Å². The third-order valence-corrected chi connectivity index (χ3v) is 6.33. The third-order valence-electron chi connectivity index (χ3n) is 5.33. The molecule has 0 radical (unpaired) electrons. The van der Waals surface area contributed by atoms with Gasteiger partial charge in [-0.2, -0.15) is 0 Å². The fourth-order valence-electron chi connectivity index (χ4n) is 3.43. The molecule has 0 atom stereocenters. The number of thioether (sulfide) groups is 1. The molecule has 4 rings (SSSR count). The molecular formula is C26H25FN4O3S. The van der Waals surface area contributed by atoms with E-state index in [-0.39, 0.29) is 18.3 Å². The van der Waals surface area contributed by atoms with E-state index in [1.165, 1.54) is 31.0 Å². The quantitative estimate of drug-likeness (QED) is 0.333. The summed E-state index contributed by atoms with van der Waals surface area (Å²) in [6, 6.07) is 19.4. The molecule has 1 heterocycles. The zero-order chi connectivity index (χ0) is 24.8. The minimum absolute atomic E-state index is 0.159. The van der Waals surface area contributed by atoms with Crippen LogP contribution in [0.2, 0.25) is 0 Å². The number of aromatic nitrogens is 3. The van der Waals surface area contributed by atoms with Crippen molar-refractivity contribution in [3.05, 3.63) is 95.1 Å². The van der Waals surface area contributed by atoms with Gasteiger partial charge >= 0.3 is 0 Å². The first-order chi connectivity index (χ1) is 17.0. The normalized spacial score (nSPS) is 10.7. The van der Waals surface area contributed by atoms with Crippen LogP contribution in [-0.4, -0.2) is 34.9 Å². The number of aryl methyl sites for hydroxylation is 1. The molecule has 0 fully saturated rings.